The minimum absolute atomic E-state index is 0.342. The molecular formula is C15H13Cl2N5. The van der Waals surface area contributed by atoms with Crippen LogP contribution in [0.2, 0.25) is 10.3 Å². The minimum Gasteiger partial charge on any atom is -0.254 e. The van der Waals surface area contributed by atoms with Gasteiger partial charge in [0.2, 0.25) is 0 Å². The third kappa shape index (κ3) is 2.25. The maximum atomic E-state index is 6.16. The molecule has 1 saturated carbocycles. The summed E-state index contributed by atoms with van der Waals surface area (Å²) >= 11 is 12.1. The summed E-state index contributed by atoms with van der Waals surface area (Å²) < 4.78 is 1.56. The van der Waals surface area contributed by atoms with Gasteiger partial charge >= 0.3 is 0 Å². The number of rotatable bonds is 2. The van der Waals surface area contributed by atoms with Crippen molar-refractivity contribution in [2.75, 3.05) is 0 Å². The van der Waals surface area contributed by atoms with Gasteiger partial charge in [0.1, 0.15) is 21.7 Å². The smallest absolute Gasteiger partial charge is 0.159 e. The van der Waals surface area contributed by atoms with Gasteiger partial charge in [-0.15, -0.1) is 0 Å². The number of aromatic nitrogens is 5. The van der Waals surface area contributed by atoms with E-state index in [0.717, 1.165) is 22.8 Å². The van der Waals surface area contributed by atoms with Gasteiger partial charge in [-0.1, -0.05) is 23.2 Å². The average molecular weight is 334 g/mol. The first-order chi connectivity index (χ1) is 10.5. The van der Waals surface area contributed by atoms with Gasteiger partial charge in [-0.2, -0.15) is 5.10 Å². The molecule has 0 unspecified atom stereocenters. The van der Waals surface area contributed by atoms with Crippen LogP contribution in [0.4, 0.5) is 0 Å². The van der Waals surface area contributed by atoms with Crippen LogP contribution >= 0.6 is 23.2 Å². The zero-order chi connectivity index (χ0) is 15.4. The second kappa shape index (κ2) is 4.89. The monoisotopic (exact) mass is 333 g/mol. The molecule has 0 saturated heterocycles. The topological polar surface area (TPSA) is 56.0 Å². The normalized spacial score (nSPS) is 14.7. The Labute approximate surface area is 137 Å². The van der Waals surface area contributed by atoms with Crippen LogP contribution in [0.15, 0.2) is 12.1 Å². The Bertz CT molecular complexity index is 899. The minimum atomic E-state index is 0.342. The summed E-state index contributed by atoms with van der Waals surface area (Å²) in [7, 11) is 0. The summed E-state index contributed by atoms with van der Waals surface area (Å²) in [5.74, 6) is 0.542. The molecule has 3 heterocycles. The van der Waals surface area contributed by atoms with E-state index >= 15 is 0 Å². The van der Waals surface area contributed by atoms with E-state index in [1.807, 2.05) is 19.9 Å². The van der Waals surface area contributed by atoms with Crippen LogP contribution in [0, 0.1) is 13.8 Å². The van der Waals surface area contributed by atoms with Crippen LogP contribution in [-0.4, -0.2) is 24.6 Å². The van der Waals surface area contributed by atoms with Crippen LogP contribution in [0.5, 0.6) is 0 Å². The van der Waals surface area contributed by atoms with Crippen molar-refractivity contribution in [3.05, 3.63) is 39.5 Å². The Kier molecular flexibility index (Phi) is 3.09. The Morgan fingerprint density at radius 2 is 1.82 bits per heavy atom. The average Bonchev–Trinajstić information content (AvgIpc) is 3.18. The standard InChI is InChI=1S/C15H13Cl2N5/c1-7-14(9-3-4-9)20-15(8(2)18-7)10-5-13-19-11(16)6-12(17)22(13)21-10/h5-6,9H,3-4H2,1-2H3. The molecule has 5 nitrogen and oxygen atoms in total. The van der Waals surface area contributed by atoms with Crippen LogP contribution < -0.4 is 0 Å². The molecule has 3 aromatic heterocycles. The largest absolute Gasteiger partial charge is 0.254 e. The SMILES string of the molecule is Cc1nc(C)c(C2CC2)nc1-c1cc2nc(Cl)cc(Cl)n2n1. The van der Waals surface area contributed by atoms with E-state index < -0.39 is 0 Å². The molecule has 1 aliphatic rings. The molecule has 112 valence electrons. The maximum Gasteiger partial charge on any atom is 0.159 e. The van der Waals surface area contributed by atoms with E-state index in [0.29, 0.717) is 27.6 Å². The molecular weight excluding hydrogens is 321 g/mol. The first-order valence-corrected chi connectivity index (χ1v) is 7.86. The van der Waals surface area contributed by atoms with E-state index in [2.05, 4.69) is 15.1 Å². The molecule has 4 rings (SSSR count). The number of fused-ring (bicyclic) bond motifs is 1. The second-order valence-corrected chi connectivity index (χ2v) is 6.38. The van der Waals surface area contributed by atoms with Gasteiger partial charge in [-0.05, 0) is 26.7 Å². The lowest BCUT2D eigenvalue weighted by atomic mass is 10.1. The van der Waals surface area contributed by atoms with Crippen LogP contribution in [-0.2, 0) is 0 Å². The van der Waals surface area contributed by atoms with E-state index in [-0.39, 0.29) is 0 Å². The zero-order valence-corrected chi connectivity index (χ0v) is 13.7. The van der Waals surface area contributed by atoms with E-state index in [1.54, 1.807) is 10.6 Å². The van der Waals surface area contributed by atoms with Gasteiger partial charge in [-0.3, -0.25) is 4.98 Å². The molecule has 1 aliphatic carbocycles. The summed E-state index contributed by atoms with van der Waals surface area (Å²) in [6.07, 6.45) is 2.37. The predicted molar refractivity (Wildman–Crippen MR) is 85.5 cm³/mol. The van der Waals surface area contributed by atoms with Crippen LogP contribution in [0.1, 0.15) is 35.8 Å². The van der Waals surface area contributed by atoms with Gasteiger partial charge in [0.25, 0.3) is 0 Å². The zero-order valence-electron chi connectivity index (χ0n) is 12.1. The second-order valence-electron chi connectivity index (χ2n) is 5.60. The first-order valence-electron chi connectivity index (χ1n) is 7.10. The summed E-state index contributed by atoms with van der Waals surface area (Å²) in [6, 6.07) is 3.40. The molecule has 0 N–H and O–H groups in total. The van der Waals surface area contributed by atoms with Crippen LogP contribution in [0.3, 0.4) is 0 Å². The highest BCUT2D eigenvalue weighted by Crippen LogP contribution is 2.41. The number of aryl methyl sites for hydroxylation is 2. The van der Waals surface area contributed by atoms with E-state index in [4.69, 9.17) is 28.2 Å². The summed E-state index contributed by atoms with van der Waals surface area (Å²) in [5.41, 5.74) is 5.03. The molecule has 1 fully saturated rings. The fourth-order valence-electron chi connectivity index (χ4n) is 2.66. The highest BCUT2D eigenvalue weighted by Gasteiger charge is 2.28. The third-order valence-corrected chi connectivity index (χ3v) is 4.30. The molecule has 0 atom stereocenters. The van der Waals surface area contributed by atoms with Gasteiger partial charge in [0.15, 0.2) is 5.65 Å². The highest BCUT2D eigenvalue weighted by atomic mass is 35.5. The molecule has 0 aliphatic heterocycles. The number of halogens is 2. The van der Waals surface area contributed by atoms with E-state index in [1.165, 1.54) is 12.8 Å². The number of hydrogen-bond acceptors (Lipinski definition) is 4. The summed E-state index contributed by atoms with van der Waals surface area (Å²) in [5, 5.41) is 5.26. The predicted octanol–water partition coefficient (Wildman–Crippen LogP) is 3.99. The summed E-state index contributed by atoms with van der Waals surface area (Å²) in [4.78, 5) is 13.7. The summed E-state index contributed by atoms with van der Waals surface area (Å²) in [6.45, 7) is 3.96. The molecule has 0 radical (unpaired) electrons. The molecule has 0 spiro atoms. The van der Waals surface area contributed by atoms with Gasteiger partial charge in [-0.25, -0.2) is 14.5 Å². The molecule has 0 aromatic carbocycles. The fraction of sp³-hybridized carbons (Fsp3) is 0.333. The Balaban J connectivity index is 1.91. The van der Waals surface area contributed by atoms with E-state index in [9.17, 15) is 0 Å². The molecule has 0 bridgehead atoms. The van der Waals surface area contributed by atoms with Crippen LogP contribution in [0.25, 0.3) is 17.0 Å². The van der Waals surface area contributed by atoms with Crippen molar-refractivity contribution in [3.63, 3.8) is 0 Å². The highest BCUT2D eigenvalue weighted by molar-refractivity contribution is 6.33. The third-order valence-electron chi connectivity index (χ3n) is 3.84. The molecule has 0 amide bonds. The molecule has 7 heteroatoms. The van der Waals surface area contributed by atoms with Crippen molar-refractivity contribution < 1.29 is 0 Å². The number of nitrogens with zero attached hydrogens (tertiary/aromatic N) is 5. The molecule has 3 aromatic rings. The van der Waals surface area contributed by atoms with Crippen molar-refractivity contribution in [2.45, 2.75) is 32.6 Å². The lowest BCUT2D eigenvalue weighted by molar-refractivity contribution is 0.909. The van der Waals surface area contributed by atoms with Crippen molar-refractivity contribution in [2.24, 2.45) is 0 Å². The van der Waals surface area contributed by atoms with Crippen molar-refractivity contribution in [1.29, 1.82) is 0 Å². The Hall–Kier alpha value is -1.72. The lowest BCUT2D eigenvalue weighted by Gasteiger charge is -2.07. The van der Waals surface area contributed by atoms with Gasteiger partial charge < -0.3 is 0 Å². The first kappa shape index (κ1) is 13.9. The fourth-order valence-corrected chi connectivity index (χ4v) is 3.13. The van der Waals surface area contributed by atoms with Crippen molar-refractivity contribution in [1.82, 2.24) is 24.6 Å². The molecule has 22 heavy (non-hydrogen) atoms. The van der Waals surface area contributed by atoms with Crippen molar-refractivity contribution in [3.8, 4) is 11.4 Å². The van der Waals surface area contributed by atoms with Gasteiger partial charge in [0.05, 0.1) is 17.1 Å². The quantitative estimate of drug-likeness (QED) is 0.665. The maximum absolute atomic E-state index is 6.16. The lowest BCUT2D eigenvalue weighted by Crippen LogP contribution is -2.02. The number of hydrogen-bond donors (Lipinski definition) is 0. The Morgan fingerprint density at radius 1 is 1.05 bits per heavy atom. The van der Waals surface area contributed by atoms with Crippen molar-refractivity contribution >= 4 is 28.8 Å². The Morgan fingerprint density at radius 3 is 2.55 bits per heavy atom. The van der Waals surface area contributed by atoms with Gasteiger partial charge in [0, 0.05) is 18.1 Å².